The van der Waals surface area contributed by atoms with E-state index in [1.54, 1.807) is 0 Å². The van der Waals surface area contributed by atoms with Gasteiger partial charge in [0.15, 0.2) is 5.96 Å². The number of nitrogens with one attached hydrogen (secondary N) is 3. The predicted molar refractivity (Wildman–Crippen MR) is 96.2 cm³/mol. The summed E-state index contributed by atoms with van der Waals surface area (Å²) in [6, 6.07) is 7.93. The summed E-state index contributed by atoms with van der Waals surface area (Å²) in [7, 11) is 0. The Morgan fingerprint density at radius 1 is 1.17 bits per heavy atom. The zero-order chi connectivity index (χ0) is 17.2. The van der Waals surface area contributed by atoms with Crippen LogP contribution in [0.5, 0.6) is 5.75 Å². The van der Waals surface area contributed by atoms with Crippen LogP contribution in [0.15, 0.2) is 29.3 Å². The van der Waals surface area contributed by atoms with Gasteiger partial charge in [0.05, 0.1) is 13.2 Å². The Hall–Kier alpha value is -2.24. The molecule has 1 amide bonds. The van der Waals surface area contributed by atoms with E-state index in [0.717, 1.165) is 36.7 Å². The van der Waals surface area contributed by atoms with Crippen molar-refractivity contribution < 1.29 is 9.53 Å². The van der Waals surface area contributed by atoms with Crippen LogP contribution in [0.25, 0.3) is 0 Å². The van der Waals surface area contributed by atoms with E-state index in [1.807, 2.05) is 38.1 Å². The van der Waals surface area contributed by atoms with Crippen molar-refractivity contribution >= 4 is 11.9 Å². The van der Waals surface area contributed by atoms with Crippen LogP contribution in [0.3, 0.4) is 0 Å². The summed E-state index contributed by atoms with van der Waals surface area (Å²) in [5.41, 5.74) is 1.05. The number of hydrogen-bond donors (Lipinski definition) is 3. The maximum atomic E-state index is 11.6. The Kier molecular flexibility index (Phi) is 7.39. The smallest absolute Gasteiger partial charge is 0.223 e. The lowest BCUT2D eigenvalue weighted by Gasteiger charge is -2.13. The van der Waals surface area contributed by atoms with Crippen LogP contribution in [-0.2, 0) is 11.3 Å². The summed E-state index contributed by atoms with van der Waals surface area (Å²) in [5.74, 6) is 2.03. The van der Waals surface area contributed by atoms with Crippen molar-refractivity contribution in [3.8, 4) is 5.75 Å². The van der Waals surface area contributed by atoms with Gasteiger partial charge in [-0.3, -0.25) is 4.79 Å². The molecule has 0 aromatic heterocycles. The molecule has 0 spiro atoms. The van der Waals surface area contributed by atoms with E-state index >= 15 is 0 Å². The van der Waals surface area contributed by atoms with Gasteiger partial charge in [-0.2, -0.15) is 0 Å². The summed E-state index contributed by atoms with van der Waals surface area (Å²) in [6.07, 6.45) is 2.06. The molecule has 132 valence electrons. The first-order valence-electron chi connectivity index (χ1n) is 8.75. The summed E-state index contributed by atoms with van der Waals surface area (Å²) in [6.45, 7) is 7.22. The summed E-state index contributed by atoms with van der Waals surface area (Å²) >= 11 is 0. The zero-order valence-electron chi connectivity index (χ0n) is 14.6. The Bertz CT molecular complexity index is 556. The maximum Gasteiger partial charge on any atom is 0.223 e. The molecule has 1 aliphatic carbocycles. The molecule has 0 saturated heterocycles. The number of amides is 1. The summed E-state index contributed by atoms with van der Waals surface area (Å²) in [4.78, 5) is 16.2. The lowest BCUT2D eigenvalue weighted by Crippen LogP contribution is -2.41. The van der Waals surface area contributed by atoms with Crippen molar-refractivity contribution in [2.24, 2.45) is 10.9 Å². The molecule has 0 atom stereocenters. The Labute approximate surface area is 144 Å². The SMILES string of the molecule is CCNC(=NCc1ccccc1OCC)NCCNC(=O)C1CC1. The average molecular weight is 332 g/mol. The number of ether oxygens (including phenoxy) is 1. The number of benzene rings is 1. The number of hydrogen-bond acceptors (Lipinski definition) is 3. The molecule has 3 N–H and O–H groups in total. The van der Waals surface area contributed by atoms with Crippen LogP contribution < -0.4 is 20.7 Å². The second kappa shape index (κ2) is 9.80. The number of carbonyl (C=O) groups excluding carboxylic acids is 1. The van der Waals surface area contributed by atoms with E-state index in [2.05, 4.69) is 20.9 Å². The topological polar surface area (TPSA) is 74.8 Å². The first-order chi connectivity index (χ1) is 11.7. The molecule has 24 heavy (non-hydrogen) atoms. The highest BCUT2D eigenvalue weighted by molar-refractivity contribution is 5.81. The lowest BCUT2D eigenvalue weighted by molar-refractivity contribution is -0.122. The van der Waals surface area contributed by atoms with Gasteiger partial charge < -0.3 is 20.7 Å². The zero-order valence-corrected chi connectivity index (χ0v) is 14.6. The molecule has 1 aromatic carbocycles. The van der Waals surface area contributed by atoms with E-state index in [4.69, 9.17) is 4.74 Å². The monoisotopic (exact) mass is 332 g/mol. The van der Waals surface area contributed by atoms with Gasteiger partial charge in [-0.05, 0) is 32.8 Å². The van der Waals surface area contributed by atoms with Crippen molar-refractivity contribution in [1.29, 1.82) is 0 Å². The van der Waals surface area contributed by atoms with Gasteiger partial charge in [0, 0.05) is 31.1 Å². The van der Waals surface area contributed by atoms with Gasteiger partial charge in [0.25, 0.3) is 0 Å². The van der Waals surface area contributed by atoms with Gasteiger partial charge in [-0.25, -0.2) is 4.99 Å². The molecule has 1 fully saturated rings. The van der Waals surface area contributed by atoms with Crippen molar-refractivity contribution in [3.05, 3.63) is 29.8 Å². The van der Waals surface area contributed by atoms with E-state index in [-0.39, 0.29) is 11.8 Å². The largest absolute Gasteiger partial charge is 0.494 e. The molecule has 1 saturated carbocycles. The van der Waals surface area contributed by atoms with Gasteiger partial charge in [0.2, 0.25) is 5.91 Å². The number of nitrogens with zero attached hydrogens (tertiary/aromatic N) is 1. The van der Waals surface area contributed by atoms with Gasteiger partial charge >= 0.3 is 0 Å². The molecule has 2 rings (SSSR count). The second-order valence-electron chi connectivity index (χ2n) is 5.73. The standard InChI is InChI=1S/C18H28N4O2/c1-3-19-18(21-12-11-20-17(23)14-9-10-14)22-13-15-7-5-6-8-16(15)24-4-2/h5-8,14H,3-4,9-13H2,1-2H3,(H,20,23)(H2,19,21,22). The number of guanidine groups is 1. The second-order valence-corrected chi connectivity index (χ2v) is 5.73. The summed E-state index contributed by atoms with van der Waals surface area (Å²) in [5, 5.41) is 9.39. The molecule has 0 unspecified atom stereocenters. The van der Waals surface area contributed by atoms with Gasteiger partial charge in [0.1, 0.15) is 5.75 Å². The Morgan fingerprint density at radius 3 is 2.62 bits per heavy atom. The van der Waals surface area contributed by atoms with Crippen LogP contribution in [0.2, 0.25) is 0 Å². The molecular formula is C18H28N4O2. The molecule has 0 radical (unpaired) electrons. The summed E-state index contributed by atoms with van der Waals surface area (Å²) < 4.78 is 5.62. The highest BCUT2D eigenvalue weighted by atomic mass is 16.5. The lowest BCUT2D eigenvalue weighted by atomic mass is 10.2. The predicted octanol–water partition coefficient (Wildman–Crippen LogP) is 1.67. The highest BCUT2D eigenvalue weighted by Crippen LogP contribution is 2.28. The normalized spacial score (nSPS) is 14.2. The fraction of sp³-hybridized carbons (Fsp3) is 0.556. The molecule has 1 aliphatic rings. The number of carbonyl (C=O) groups is 1. The van der Waals surface area contributed by atoms with Gasteiger partial charge in [-0.1, -0.05) is 18.2 Å². The fourth-order valence-corrected chi connectivity index (χ4v) is 2.29. The Balaban J connectivity index is 1.82. The van der Waals surface area contributed by atoms with Crippen molar-refractivity contribution in [1.82, 2.24) is 16.0 Å². The van der Waals surface area contributed by atoms with Gasteiger partial charge in [-0.15, -0.1) is 0 Å². The molecule has 6 nitrogen and oxygen atoms in total. The molecule has 0 bridgehead atoms. The molecule has 0 aliphatic heterocycles. The first-order valence-corrected chi connectivity index (χ1v) is 8.75. The third-order valence-electron chi connectivity index (χ3n) is 3.69. The highest BCUT2D eigenvalue weighted by Gasteiger charge is 2.28. The number of rotatable bonds is 9. The van der Waals surface area contributed by atoms with Crippen LogP contribution in [0.4, 0.5) is 0 Å². The molecule has 0 heterocycles. The fourth-order valence-electron chi connectivity index (χ4n) is 2.29. The van der Waals surface area contributed by atoms with Crippen LogP contribution in [0.1, 0.15) is 32.3 Å². The quantitative estimate of drug-likeness (QED) is 0.365. The van der Waals surface area contributed by atoms with Crippen molar-refractivity contribution in [2.75, 3.05) is 26.2 Å². The van der Waals surface area contributed by atoms with Crippen molar-refractivity contribution in [2.45, 2.75) is 33.2 Å². The minimum Gasteiger partial charge on any atom is -0.494 e. The van der Waals surface area contributed by atoms with Crippen LogP contribution in [0, 0.1) is 5.92 Å². The number of aliphatic imine (C=N–C) groups is 1. The van der Waals surface area contributed by atoms with Crippen LogP contribution in [-0.4, -0.2) is 38.1 Å². The average Bonchev–Trinajstić information content (AvgIpc) is 3.42. The molecule has 6 heteroatoms. The first kappa shape index (κ1) is 18.1. The third-order valence-corrected chi connectivity index (χ3v) is 3.69. The van der Waals surface area contributed by atoms with E-state index < -0.39 is 0 Å². The van der Waals surface area contributed by atoms with E-state index in [1.165, 1.54) is 0 Å². The number of para-hydroxylation sites is 1. The van der Waals surface area contributed by atoms with Crippen molar-refractivity contribution in [3.63, 3.8) is 0 Å². The Morgan fingerprint density at radius 2 is 1.92 bits per heavy atom. The third kappa shape index (κ3) is 6.10. The minimum absolute atomic E-state index is 0.171. The molecule has 1 aromatic rings. The molecular weight excluding hydrogens is 304 g/mol. The van der Waals surface area contributed by atoms with E-state index in [0.29, 0.717) is 26.2 Å². The maximum absolute atomic E-state index is 11.6. The minimum atomic E-state index is 0.171. The van der Waals surface area contributed by atoms with Crippen LogP contribution >= 0.6 is 0 Å². The van der Waals surface area contributed by atoms with E-state index in [9.17, 15) is 4.79 Å².